The van der Waals surface area contributed by atoms with E-state index in [2.05, 4.69) is 18.8 Å². The van der Waals surface area contributed by atoms with Gasteiger partial charge in [0.15, 0.2) is 0 Å². The van der Waals surface area contributed by atoms with Crippen LogP contribution in [0.3, 0.4) is 0 Å². The Hall–Kier alpha value is -0.560. The van der Waals surface area contributed by atoms with Crippen molar-refractivity contribution in [2.45, 2.75) is 33.6 Å². The molecule has 0 spiro atoms. The third-order valence-corrected chi connectivity index (χ3v) is 2.31. The van der Waals surface area contributed by atoms with Gasteiger partial charge in [0.2, 0.25) is 0 Å². The van der Waals surface area contributed by atoms with E-state index >= 15 is 0 Å². The maximum Gasteiger partial charge on any atom is 0.0476 e. The molecule has 1 aromatic heterocycles. The van der Waals surface area contributed by atoms with Gasteiger partial charge in [0.25, 0.3) is 0 Å². The van der Waals surface area contributed by atoms with Gasteiger partial charge in [-0.15, -0.1) is 0 Å². The summed E-state index contributed by atoms with van der Waals surface area (Å²) in [5.41, 5.74) is 3.21. The molecule has 1 nitrogen and oxygen atoms in total. The Labute approximate surface area is 78.8 Å². The molecule has 0 radical (unpaired) electrons. The molecule has 0 fully saturated rings. The first kappa shape index (κ1) is 9.53. The van der Waals surface area contributed by atoms with E-state index in [9.17, 15) is 0 Å². The minimum atomic E-state index is 0.447. The Bertz CT molecular complexity index is 292. The fourth-order valence-corrected chi connectivity index (χ4v) is 1.54. The van der Waals surface area contributed by atoms with E-state index in [1.54, 1.807) is 0 Å². The van der Waals surface area contributed by atoms with E-state index < -0.39 is 0 Å². The Morgan fingerprint density at radius 2 is 1.92 bits per heavy atom. The van der Waals surface area contributed by atoms with Crippen molar-refractivity contribution in [3.8, 4) is 0 Å². The van der Waals surface area contributed by atoms with Crippen LogP contribution < -0.4 is 0 Å². The minimum Gasteiger partial charge on any atom is -0.258 e. The molecule has 1 heterocycles. The molecule has 1 rings (SSSR count). The molecule has 66 valence electrons. The summed E-state index contributed by atoms with van der Waals surface area (Å²) in [6.07, 6.45) is 0. The third kappa shape index (κ3) is 1.78. The standard InChI is InChI=1S/C10H14ClN/c1-6(2)10-8(4)9(11)5-7(3)12-10/h5-6H,1-4H3. The monoisotopic (exact) mass is 183 g/mol. The molecule has 0 aliphatic carbocycles. The van der Waals surface area contributed by atoms with E-state index in [1.807, 2.05) is 19.9 Å². The minimum absolute atomic E-state index is 0.447. The number of aromatic nitrogens is 1. The van der Waals surface area contributed by atoms with E-state index in [0.29, 0.717) is 5.92 Å². The summed E-state index contributed by atoms with van der Waals surface area (Å²) >= 11 is 6.02. The largest absolute Gasteiger partial charge is 0.258 e. The number of pyridine rings is 1. The van der Waals surface area contributed by atoms with Crippen LogP contribution in [0.2, 0.25) is 5.02 Å². The van der Waals surface area contributed by atoms with E-state index in [4.69, 9.17) is 11.6 Å². The average Bonchev–Trinajstić information content (AvgIpc) is 1.96. The zero-order valence-corrected chi connectivity index (χ0v) is 8.74. The van der Waals surface area contributed by atoms with Gasteiger partial charge in [-0.05, 0) is 31.4 Å². The van der Waals surface area contributed by atoms with Crippen LogP contribution in [0.4, 0.5) is 0 Å². The fraction of sp³-hybridized carbons (Fsp3) is 0.500. The molecule has 12 heavy (non-hydrogen) atoms. The Morgan fingerprint density at radius 3 is 2.42 bits per heavy atom. The molecule has 0 N–H and O–H groups in total. The molecule has 0 aliphatic rings. The van der Waals surface area contributed by atoms with Crippen LogP contribution in [0.1, 0.15) is 36.7 Å². The molecule has 1 aromatic rings. The topological polar surface area (TPSA) is 12.9 Å². The van der Waals surface area contributed by atoms with Crippen molar-refractivity contribution in [2.24, 2.45) is 0 Å². The summed E-state index contributed by atoms with van der Waals surface area (Å²) in [4.78, 5) is 4.45. The summed E-state index contributed by atoms with van der Waals surface area (Å²) in [6.45, 7) is 8.25. The summed E-state index contributed by atoms with van der Waals surface area (Å²) in [6, 6.07) is 1.91. The molecule has 0 saturated carbocycles. The van der Waals surface area contributed by atoms with Crippen LogP contribution in [0, 0.1) is 13.8 Å². The second kappa shape index (κ2) is 3.44. The van der Waals surface area contributed by atoms with Crippen molar-refractivity contribution in [3.63, 3.8) is 0 Å². The lowest BCUT2D eigenvalue weighted by molar-refractivity contribution is 0.804. The highest BCUT2D eigenvalue weighted by Gasteiger charge is 2.08. The molecule has 0 atom stereocenters. The van der Waals surface area contributed by atoms with Crippen molar-refractivity contribution in [1.29, 1.82) is 0 Å². The molecule has 0 unspecified atom stereocenters. The maximum atomic E-state index is 6.02. The summed E-state index contributed by atoms with van der Waals surface area (Å²) < 4.78 is 0. The number of halogens is 1. The number of rotatable bonds is 1. The molecule has 2 heteroatoms. The second-order valence-electron chi connectivity index (χ2n) is 3.41. The highest BCUT2D eigenvalue weighted by Crippen LogP contribution is 2.23. The van der Waals surface area contributed by atoms with Gasteiger partial charge in [-0.25, -0.2) is 0 Å². The van der Waals surface area contributed by atoms with Crippen molar-refractivity contribution in [2.75, 3.05) is 0 Å². The third-order valence-electron chi connectivity index (χ3n) is 1.92. The van der Waals surface area contributed by atoms with Crippen LogP contribution in [0.15, 0.2) is 6.07 Å². The van der Waals surface area contributed by atoms with Crippen molar-refractivity contribution in [3.05, 3.63) is 28.0 Å². The first-order chi connectivity index (χ1) is 5.52. The van der Waals surface area contributed by atoms with E-state index in [-0.39, 0.29) is 0 Å². The van der Waals surface area contributed by atoms with Gasteiger partial charge in [0.05, 0.1) is 0 Å². The normalized spacial score (nSPS) is 10.8. The van der Waals surface area contributed by atoms with Gasteiger partial charge in [-0.3, -0.25) is 4.98 Å². The fourth-order valence-electron chi connectivity index (χ4n) is 1.28. The highest BCUT2D eigenvalue weighted by atomic mass is 35.5. The predicted octanol–water partition coefficient (Wildman–Crippen LogP) is 3.48. The lowest BCUT2D eigenvalue weighted by Crippen LogP contribution is -1.98. The maximum absolute atomic E-state index is 6.02. The van der Waals surface area contributed by atoms with Crippen molar-refractivity contribution >= 4 is 11.6 Å². The predicted molar refractivity (Wildman–Crippen MR) is 52.8 cm³/mol. The van der Waals surface area contributed by atoms with Crippen LogP contribution in [-0.2, 0) is 0 Å². The first-order valence-corrected chi connectivity index (χ1v) is 4.53. The van der Waals surface area contributed by atoms with Gasteiger partial charge in [0.1, 0.15) is 0 Å². The Morgan fingerprint density at radius 1 is 1.33 bits per heavy atom. The van der Waals surface area contributed by atoms with Crippen molar-refractivity contribution in [1.82, 2.24) is 4.98 Å². The summed E-state index contributed by atoms with van der Waals surface area (Å²) in [7, 11) is 0. The summed E-state index contributed by atoms with van der Waals surface area (Å²) in [5, 5.41) is 0.825. The molecule has 0 amide bonds. The SMILES string of the molecule is Cc1cc(Cl)c(C)c(C(C)C)n1. The quantitative estimate of drug-likeness (QED) is 0.650. The molecular weight excluding hydrogens is 170 g/mol. The van der Waals surface area contributed by atoms with Gasteiger partial charge < -0.3 is 0 Å². The van der Waals surface area contributed by atoms with E-state index in [0.717, 1.165) is 22.0 Å². The molecular formula is C10H14ClN. The lowest BCUT2D eigenvalue weighted by Gasteiger charge is -2.10. The number of hydrogen-bond acceptors (Lipinski definition) is 1. The first-order valence-electron chi connectivity index (χ1n) is 4.16. The number of nitrogens with zero attached hydrogens (tertiary/aromatic N) is 1. The van der Waals surface area contributed by atoms with Gasteiger partial charge in [-0.2, -0.15) is 0 Å². The van der Waals surface area contributed by atoms with E-state index in [1.165, 1.54) is 0 Å². The Balaban J connectivity index is 3.28. The summed E-state index contributed by atoms with van der Waals surface area (Å²) in [5.74, 6) is 0.447. The average molecular weight is 184 g/mol. The second-order valence-corrected chi connectivity index (χ2v) is 3.82. The molecule has 0 saturated heterocycles. The van der Waals surface area contributed by atoms with Crippen molar-refractivity contribution < 1.29 is 0 Å². The molecule has 0 aromatic carbocycles. The van der Waals surface area contributed by atoms with Gasteiger partial charge in [-0.1, -0.05) is 25.4 Å². The number of aryl methyl sites for hydroxylation is 1. The smallest absolute Gasteiger partial charge is 0.0476 e. The van der Waals surface area contributed by atoms with Crippen LogP contribution in [0.5, 0.6) is 0 Å². The van der Waals surface area contributed by atoms with Gasteiger partial charge >= 0.3 is 0 Å². The molecule has 0 bridgehead atoms. The highest BCUT2D eigenvalue weighted by molar-refractivity contribution is 6.31. The Kier molecular flexibility index (Phi) is 2.73. The van der Waals surface area contributed by atoms with Crippen LogP contribution >= 0.6 is 11.6 Å². The molecule has 0 aliphatic heterocycles. The van der Waals surface area contributed by atoms with Gasteiger partial charge in [0, 0.05) is 16.4 Å². The number of hydrogen-bond donors (Lipinski definition) is 0. The zero-order valence-electron chi connectivity index (χ0n) is 7.98. The zero-order chi connectivity index (χ0) is 9.30. The van der Waals surface area contributed by atoms with Crippen LogP contribution in [0.25, 0.3) is 0 Å². The lowest BCUT2D eigenvalue weighted by atomic mass is 10.0. The van der Waals surface area contributed by atoms with Crippen LogP contribution in [-0.4, -0.2) is 4.98 Å².